The average molecular weight is 357 g/mol. The Bertz CT molecular complexity index is 948. The molecule has 0 aliphatic carbocycles. The van der Waals surface area contributed by atoms with Crippen LogP contribution in [-0.2, 0) is 13.2 Å². The third-order valence-corrected chi connectivity index (χ3v) is 3.85. The van der Waals surface area contributed by atoms with Crippen molar-refractivity contribution in [2.45, 2.75) is 13.2 Å². The number of anilines is 1. The number of nitriles is 1. The summed E-state index contributed by atoms with van der Waals surface area (Å²) in [5.74, 6) is -0.125. The maximum atomic E-state index is 13.8. The minimum atomic E-state index is -0.364. The van der Waals surface area contributed by atoms with Crippen LogP contribution in [0.4, 0.5) is 10.2 Å². The first-order chi connectivity index (χ1) is 12.1. The van der Waals surface area contributed by atoms with Crippen LogP contribution in [0.3, 0.4) is 0 Å². The molecule has 0 aliphatic rings. The predicted molar refractivity (Wildman–Crippen MR) is 92.6 cm³/mol. The smallest absolute Gasteiger partial charge is 0.253 e. The highest BCUT2D eigenvalue weighted by Crippen LogP contribution is 2.25. The molecule has 0 spiro atoms. The number of benzene rings is 2. The average Bonchev–Trinajstić information content (AvgIpc) is 2.90. The molecule has 0 unspecified atom stereocenters. The van der Waals surface area contributed by atoms with Crippen molar-refractivity contribution >= 4 is 17.4 Å². The van der Waals surface area contributed by atoms with Gasteiger partial charge in [0.1, 0.15) is 24.3 Å². The summed E-state index contributed by atoms with van der Waals surface area (Å²) >= 11 is 5.94. The SMILES string of the molecule is N#Cc1c(OCc2cccc(Cl)c2)nn(Cc2ccccc2F)c1N. The summed E-state index contributed by atoms with van der Waals surface area (Å²) in [6.45, 7) is 0.291. The van der Waals surface area contributed by atoms with Crippen molar-refractivity contribution < 1.29 is 9.13 Å². The number of halogens is 2. The van der Waals surface area contributed by atoms with Crippen LogP contribution in [0.2, 0.25) is 5.02 Å². The number of hydrogen-bond acceptors (Lipinski definition) is 4. The van der Waals surface area contributed by atoms with Crippen molar-refractivity contribution in [3.8, 4) is 11.9 Å². The summed E-state index contributed by atoms with van der Waals surface area (Å²) < 4.78 is 20.8. The molecule has 3 aromatic rings. The van der Waals surface area contributed by atoms with Gasteiger partial charge in [0.2, 0.25) is 0 Å². The van der Waals surface area contributed by atoms with E-state index in [1.807, 2.05) is 12.1 Å². The molecule has 2 aromatic carbocycles. The first kappa shape index (κ1) is 16.8. The molecule has 0 atom stereocenters. The minimum absolute atomic E-state index is 0.105. The van der Waals surface area contributed by atoms with Gasteiger partial charge in [-0.3, -0.25) is 0 Å². The molecule has 0 aliphatic heterocycles. The zero-order valence-corrected chi connectivity index (χ0v) is 13.9. The van der Waals surface area contributed by atoms with Gasteiger partial charge in [-0.15, -0.1) is 5.10 Å². The van der Waals surface area contributed by atoms with Crippen LogP contribution in [0, 0.1) is 17.1 Å². The third-order valence-electron chi connectivity index (χ3n) is 3.61. The van der Waals surface area contributed by atoms with E-state index in [4.69, 9.17) is 22.1 Å². The molecule has 2 N–H and O–H groups in total. The molecule has 0 saturated heterocycles. The van der Waals surface area contributed by atoms with E-state index in [-0.39, 0.29) is 36.2 Å². The first-order valence-electron chi connectivity index (χ1n) is 7.45. The van der Waals surface area contributed by atoms with Crippen LogP contribution >= 0.6 is 11.6 Å². The van der Waals surface area contributed by atoms with Gasteiger partial charge < -0.3 is 10.5 Å². The van der Waals surface area contributed by atoms with E-state index in [0.29, 0.717) is 10.6 Å². The molecule has 0 fully saturated rings. The second-order valence-corrected chi connectivity index (χ2v) is 5.78. The van der Waals surface area contributed by atoms with Crippen molar-refractivity contribution in [3.63, 3.8) is 0 Å². The van der Waals surface area contributed by atoms with Gasteiger partial charge in [0.05, 0.1) is 6.54 Å². The van der Waals surface area contributed by atoms with E-state index >= 15 is 0 Å². The van der Waals surface area contributed by atoms with Crippen LogP contribution < -0.4 is 10.5 Å². The van der Waals surface area contributed by atoms with Crippen molar-refractivity contribution in [2.75, 3.05) is 5.73 Å². The van der Waals surface area contributed by atoms with E-state index < -0.39 is 0 Å². The van der Waals surface area contributed by atoms with Crippen molar-refractivity contribution in [3.05, 3.63) is 76.1 Å². The second kappa shape index (κ2) is 7.24. The maximum Gasteiger partial charge on any atom is 0.253 e. The van der Waals surface area contributed by atoms with Crippen molar-refractivity contribution in [2.24, 2.45) is 0 Å². The highest BCUT2D eigenvalue weighted by Gasteiger charge is 2.18. The topological polar surface area (TPSA) is 76.9 Å². The molecule has 7 heteroatoms. The van der Waals surface area contributed by atoms with Crippen LogP contribution in [0.25, 0.3) is 0 Å². The first-order valence-corrected chi connectivity index (χ1v) is 7.83. The summed E-state index contributed by atoms with van der Waals surface area (Å²) in [6, 6.07) is 15.5. The second-order valence-electron chi connectivity index (χ2n) is 5.34. The van der Waals surface area contributed by atoms with Gasteiger partial charge in [0, 0.05) is 10.6 Å². The molecule has 0 saturated carbocycles. The van der Waals surface area contributed by atoms with Gasteiger partial charge in [-0.25, -0.2) is 9.07 Å². The Hall–Kier alpha value is -3.04. The van der Waals surface area contributed by atoms with Gasteiger partial charge in [-0.2, -0.15) is 5.26 Å². The Balaban J connectivity index is 1.83. The fraction of sp³-hybridized carbons (Fsp3) is 0.111. The fourth-order valence-electron chi connectivity index (χ4n) is 2.35. The molecule has 3 rings (SSSR count). The monoisotopic (exact) mass is 356 g/mol. The highest BCUT2D eigenvalue weighted by molar-refractivity contribution is 6.30. The number of nitrogen functional groups attached to an aromatic ring is 1. The summed E-state index contributed by atoms with van der Waals surface area (Å²) in [7, 11) is 0. The number of rotatable bonds is 5. The zero-order chi connectivity index (χ0) is 17.8. The van der Waals surface area contributed by atoms with Gasteiger partial charge in [0.25, 0.3) is 5.88 Å². The predicted octanol–water partition coefficient (Wildman–Crippen LogP) is 3.76. The molecule has 1 heterocycles. The summed E-state index contributed by atoms with van der Waals surface area (Å²) in [4.78, 5) is 0. The van der Waals surface area contributed by atoms with Crippen molar-refractivity contribution in [1.82, 2.24) is 9.78 Å². The normalized spacial score (nSPS) is 10.4. The summed E-state index contributed by atoms with van der Waals surface area (Å²) in [6.07, 6.45) is 0. The molecule has 5 nitrogen and oxygen atoms in total. The van der Waals surface area contributed by atoms with Gasteiger partial charge in [-0.1, -0.05) is 41.9 Å². The van der Waals surface area contributed by atoms with E-state index in [2.05, 4.69) is 5.10 Å². The highest BCUT2D eigenvalue weighted by atomic mass is 35.5. The van der Waals surface area contributed by atoms with Crippen LogP contribution in [0.15, 0.2) is 48.5 Å². The summed E-state index contributed by atoms with van der Waals surface area (Å²) in [5.41, 5.74) is 7.33. The van der Waals surface area contributed by atoms with Crippen LogP contribution in [-0.4, -0.2) is 9.78 Å². The van der Waals surface area contributed by atoms with Crippen LogP contribution in [0.5, 0.6) is 5.88 Å². The van der Waals surface area contributed by atoms with Crippen LogP contribution in [0.1, 0.15) is 16.7 Å². The quantitative estimate of drug-likeness (QED) is 0.755. The number of nitrogens with zero attached hydrogens (tertiary/aromatic N) is 3. The van der Waals surface area contributed by atoms with Gasteiger partial charge in [-0.05, 0) is 23.8 Å². The fourth-order valence-corrected chi connectivity index (χ4v) is 2.56. The number of aromatic nitrogens is 2. The molecule has 1 aromatic heterocycles. The molecular weight excluding hydrogens is 343 g/mol. The lowest BCUT2D eigenvalue weighted by Gasteiger charge is -2.05. The number of hydrogen-bond donors (Lipinski definition) is 1. The lowest BCUT2D eigenvalue weighted by atomic mass is 10.2. The Labute approximate surface area is 149 Å². The maximum absolute atomic E-state index is 13.8. The standard InChI is InChI=1S/C18H14ClFN4O/c19-14-6-3-4-12(8-14)11-25-18-15(9-21)17(22)24(23-18)10-13-5-1-2-7-16(13)20/h1-8H,10-11,22H2. The Morgan fingerprint density at radius 3 is 2.76 bits per heavy atom. The van der Waals surface area contributed by atoms with Gasteiger partial charge in [0.15, 0.2) is 5.56 Å². The zero-order valence-electron chi connectivity index (χ0n) is 13.1. The molecule has 126 valence electrons. The Morgan fingerprint density at radius 1 is 1.24 bits per heavy atom. The Kier molecular flexibility index (Phi) is 4.87. The Morgan fingerprint density at radius 2 is 2.04 bits per heavy atom. The lowest BCUT2D eigenvalue weighted by Crippen LogP contribution is -2.07. The number of ether oxygens (including phenoxy) is 1. The van der Waals surface area contributed by atoms with Crippen molar-refractivity contribution in [1.29, 1.82) is 5.26 Å². The molecular formula is C18H14ClFN4O. The largest absolute Gasteiger partial charge is 0.471 e. The third kappa shape index (κ3) is 3.73. The molecule has 0 bridgehead atoms. The van der Waals surface area contributed by atoms with E-state index in [9.17, 15) is 9.65 Å². The van der Waals surface area contributed by atoms with Gasteiger partial charge >= 0.3 is 0 Å². The molecule has 25 heavy (non-hydrogen) atoms. The molecule has 0 radical (unpaired) electrons. The van der Waals surface area contributed by atoms with E-state index in [0.717, 1.165) is 5.56 Å². The summed E-state index contributed by atoms with van der Waals surface area (Å²) in [5, 5.41) is 14.1. The van der Waals surface area contributed by atoms with E-state index in [1.54, 1.807) is 36.4 Å². The van der Waals surface area contributed by atoms with E-state index in [1.165, 1.54) is 10.7 Å². The molecule has 0 amide bonds. The lowest BCUT2D eigenvalue weighted by molar-refractivity contribution is 0.289. The minimum Gasteiger partial charge on any atom is -0.471 e. The number of nitrogens with two attached hydrogens (primary N) is 1.